The van der Waals surface area contributed by atoms with Gasteiger partial charge in [-0.1, -0.05) is 65.3 Å². The average Bonchev–Trinajstić information content (AvgIpc) is 2.95. The second-order valence-corrected chi connectivity index (χ2v) is 11.1. The Bertz CT molecular complexity index is 1290. The fraction of sp³-hybridized carbons (Fsp3) is 0.441. The van der Waals surface area contributed by atoms with E-state index >= 15 is 4.39 Å². The highest BCUT2D eigenvalue weighted by atomic mass is 19.1. The van der Waals surface area contributed by atoms with Crippen LogP contribution < -0.4 is 9.47 Å². The van der Waals surface area contributed by atoms with Crippen molar-refractivity contribution in [3.63, 3.8) is 0 Å². The number of benzene rings is 3. The first-order valence-electron chi connectivity index (χ1n) is 14.0. The van der Waals surface area contributed by atoms with Crippen molar-refractivity contribution in [1.29, 1.82) is 0 Å². The molecular weight excluding hydrogens is 507 g/mol. The van der Waals surface area contributed by atoms with E-state index in [0.29, 0.717) is 30.1 Å². The van der Waals surface area contributed by atoms with E-state index in [1.807, 2.05) is 56.3 Å². The van der Waals surface area contributed by atoms with Crippen molar-refractivity contribution in [2.75, 3.05) is 14.2 Å². The molecule has 0 aromatic heterocycles. The summed E-state index contributed by atoms with van der Waals surface area (Å²) in [6.45, 7) is 10.7. The van der Waals surface area contributed by atoms with Crippen LogP contribution in [0.2, 0.25) is 0 Å². The summed E-state index contributed by atoms with van der Waals surface area (Å²) in [4.78, 5) is 11.8. The van der Waals surface area contributed by atoms with Crippen molar-refractivity contribution in [3.8, 4) is 22.6 Å². The molecule has 216 valence electrons. The highest BCUT2D eigenvalue weighted by Gasteiger charge is 2.32. The molecule has 0 spiro atoms. The number of halogens is 1. The van der Waals surface area contributed by atoms with Crippen LogP contribution in [0.1, 0.15) is 82.6 Å². The van der Waals surface area contributed by atoms with Crippen molar-refractivity contribution in [2.24, 2.45) is 11.3 Å². The summed E-state index contributed by atoms with van der Waals surface area (Å²) < 4.78 is 32.7. The van der Waals surface area contributed by atoms with Gasteiger partial charge in [0.25, 0.3) is 0 Å². The highest BCUT2D eigenvalue weighted by molar-refractivity contribution is 5.71. The zero-order chi connectivity index (χ0) is 29.4. The van der Waals surface area contributed by atoms with Gasteiger partial charge in [0.2, 0.25) is 0 Å². The lowest BCUT2D eigenvalue weighted by molar-refractivity contribution is -0.142. The summed E-state index contributed by atoms with van der Waals surface area (Å²) in [6, 6.07) is 18.3. The third-order valence-corrected chi connectivity index (χ3v) is 8.03. The SMILES string of the molecule is CCCC(C(=O)O)C(C)c1cccc(OCc2ccc(-c3cc(OC)ccc3F)c([C@H](OC)C(C)(C)CC)c2)c1. The molecule has 0 amide bonds. The molecule has 0 radical (unpaired) electrons. The third kappa shape index (κ3) is 7.22. The van der Waals surface area contributed by atoms with E-state index in [-0.39, 0.29) is 23.3 Å². The fourth-order valence-corrected chi connectivity index (χ4v) is 5.24. The van der Waals surface area contributed by atoms with Crippen LogP contribution in [-0.2, 0) is 16.1 Å². The van der Waals surface area contributed by atoms with Crippen molar-refractivity contribution < 1.29 is 28.5 Å². The Morgan fingerprint density at radius 3 is 2.35 bits per heavy atom. The minimum Gasteiger partial charge on any atom is -0.497 e. The zero-order valence-corrected chi connectivity index (χ0v) is 24.8. The number of carbonyl (C=O) groups is 1. The molecule has 0 heterocycles. The zero-order valence-electron chi connectivity index (χ0n) is 24.8. The fourth-order valence-electron chi connectivity index (χ4n) is 5.24. The minimum absolute atomic E-state index is 0.136. The number of hydrogen-bond donors (Lipinski definition) is 1. The molecule has 0 aliphatic heterocycles. The van der Waals surface area contributed by atoms with Gasteiger partial charge in [-0.2, -0.15) is 0 Å². The maximum absolute atomic E-state index is 15.1. The van der Waals surface area contributed by atoms with E-state index in [9.17, 15) is 9.90 Å². The molecule has 3 aromatic carbocycles. The van der Waals surface area contributed by atoms with E-state index in [1.54, 1.807) is 26.4 Å². The molecule has 0 aliphatic rings. The number of aliphatic carboxylic acids is 1. The van der Waals surface area contributed by atoms with Gasteiger partial charge < -0.3 is 19.3 Å². The van der Waals surface area contributed by atoms with Crippen LogP contribution in [-0.4, -0.2) is 25.3 Å². The largest absolute Gasteiger partial charge is 0.497 e. The number of ether oxygens (including phenoxy) is 3. The van der Waals surface area contributed by atoms with Crippen LogP contribution >= 0.6 is 0 Å². The normalized spacial score (nSPS) is 13.9. The maximum Gasteiger partial charge on any atom is 0.307 e. The van der Waals surface area contributed by atoms with Crippen LogP contribution in [0, 0.1) is 17.2 Å². The first-order valence-corrected chi connectivity index (χ1v) is 14.0. The number of hydrogen-bond acceptors (Lipinski definition) is 4. The second-order valence-electron chi connectivity index (χ2n) is 11.1. The Hall–Kier alpha value is -3.38. The summed E-state index contributed by atoms with van der Waals surface area (Å²) in [5.41, 5.74) is 3.74. The topological polar surface area (TPSA) is 65.0 Å². The Morgan fingerprint density at radius 1 is 0.975 bits per heavy atom. The number of carboxylic acids is 1. The summed E-state index contributed by atoms with van der Waals surface area (Å²) in [5.74, 6) is -0.431. The van der Waals surface area contributed by atoms with Crippen LogP contribution in [0.3, 0.4) is 0 Å². The van der Waals surface area contributed by atoms with Gasteiger partial charge in [0.05, 0.1) is 19.1 Å². The summed E-state index contributed by atoms with van der Waals surface area (Å²) >= 11 is 0. The lowest BCUT2D eigenvalue weighted by Crippen LogP contribution is -2.24. The average molecular weight is 551 g/mol. The molecule has 6 heteroatoms. The van der Waals surface area contributed by atoms with Crippen molar-refractivity contribution in [1.82, 2.24) is 0 Å². The minimum atomic E-state index is -0.775. The van der Waals surface area contributed by atoms with Gasteiger partial charge in [-0.25, -0.2) is 4.39 Å². The molecular formula is C34H43FO5. The van der Waals surface area contributed by atoms with Crippen molar-refractivity contribution >= 4 is 5.97 Å². The monoisotopic (exact) mass is 550 g/mol. The van der Waals surface area contributed by atoms with Gasteiger partial charge in [-0.05, 0) is 82.8 Å². The van der Waals surface area contributed by atoms with Crippen LogP contribution in [0.15, 0.2) is 60.7 Å². The molecule has 0 aliphatic carbocycles. The molecule has 5 nitrogen and oxygen atoms in total. The lowest BCUT2D eigenvalue weighted by Gasteiger charge is -2.34. The van der Waals surface area contributed by atoms with Crippen molar-refractivity contribution in [2.45, 2.75) is 72.5 Å². The Morgan fingerprint density at radius 2 is 1.73 bits per heavy atom. The molecule has 3 aromatic rings. The van der Waals surface area contributed by atoms with E-state index in [1.165, 1.54) is 6.07 Å². The van der Waals surface area contributed by atoms with Gasteiger partial charge in [-0.3, -0.25) is 4.79 Å². The van der Waals surface area contributed by atoms with Gasteiger partial charge in [0.15, 0.2) is 0 Å². The quantitative estimate of drug-likeness (QED) is 0.217. The second kappa shape index (κ2) is 13.8. The van der Waals surface area contributed by atoms with Gasteiger partial charge >= 0.3 is 5.97 Å². The Balaban J connectivity index is 1.96. The molecule has 2 unspecified atom stereocenters. The summed E-state index contributed by atoms with van der Waals surface area (Å²) in [7, 11) is 3.25. The van der Waals surface area contributed by atoms with Gasteiger partial charge in [-0.15, -0.1) is 0 Å². The first kappa shape index (κ1) is 31.2. The first-order chi connectivity index (χ1) is 19.1. The number of carboxylic acid groups (broad SMARTS) is 1. The molecule has 0 fully saturated rings. The van der Waals surface area contributed by atoms with Crippen LogP contribution in [0.4, 0.5) is 4.39 Å². The standard InChI is InChI=1S/C34H43FO5/c1-8-11-27(33(36)37)22(3)24-12-10-13-26(19-24)40-21-23-14-16-28(29-20-25(38-6)15-17-31(29)35)30(18-23)32(39-7)34(4,5)9-2/h10,12-20,22,27,32H,8-9,11,21H2,1-7H3,(H,36,37)/t22?,27?,32-/m0/s1. The van der Waals surface area contributed by atoms with E-state index in [2.05, 4.69) is 20.8 Å². The summed E-state index contributed by atoms with van der Waals surface area (Å²) in [6.07, 6.45) is 2.02. The molecule has 0 saturated heterocycles. The van der Waals surface area contributed by atoms with Gasteiger partial charge in [0, 0.05) is 12.7 Å². The van der Waals surface area contributed by atoms with Gasteiger partial charge in [0.1, 0.15) is 23.9 Å². The van der Waals surface area contributed by atoms with Crippen LogP contribution in [0.5, 0.6) is 11.5 Å². The Labute approximate surface area is 238 Å². The van der Waals surface area contributed by atoms with E-state index in [0.717, 1.165) is 35.1 Å². The Kier molecular flexibility index (Phi) is 10.7. The third-order valence-electron chi connectivity index (χ3n) is 8.03. The maximum atomic E-state index is 15.1. The number of methoxy groups -OCH3 is 2. The molecule has 0 saturated carbocycles. The number of rotatable bonds is 14. The van der Waals surface area contributed by atoms with E-state index < -0.39 is 11.9 Å². The molecule has 1 N–H and O–H groups in total. The molecule has 0 bridgehead atoms. The summed E-state index contributed by atoms with van der Waals surface area (Å²) in [5, 5.41) is 9.70. The lowest BCUT2D eigenvalue weighted by atomic mass is 9.77. The molecule has 40 heavy (non-hydrogen) atoms. The predicted octanol–water partition coefficient (Wildman–Crippen LogP) is 8.81. The van der Waals surface area contributed by atoms with E-state index in [4.69, 9.17) is 14.2 Å². The molecule has 3 atom stereocenters. The van der Waals surface area contributed by atoms with Crippen LogP contribution in [0.25, 0.3) is 11.1 Å². The van der Waals surface area contributed by atoms with Crippen molar-refractivity contribution in [3.05, 3.63) is 83.2 Å². The highest BCUT2D eigenvalue weighted by Crippen LogP contribution is 2.44. The predicted molar refractivity (Wildman–Crippen MR) is 157 cm³/mol. The smallest absolute Gasteiger partial charge is 0.307 e. The molecule has 3 rings (SSSR count).